The van der Waals surface area contributed by atoms with Crippen LogP contribution in [0.4, 0.5) is 11.6 Å². The molecule has 0 saturated heterocycles. The van der Waals surface area contributed by atoms with Crippen molar-refractivity contribution in [2.24, 2.45) is 0 Å². The topological polar surface area (TPSA) is 28.2 Å². The van der Waals surface area contributed by atoms with Crippen molar-refractivity contribution in [1.82, 2.24) is 4.98 Å². The van der Waals surface area contributed by atoms with Crippen molar-refractivity contribution in [3.05, 3.63) is 53.6 Å². The van der Waals surface area contributed by atoms with Gasteiger partial charge in [-0.15, -0.1) is 0 Å². The van der Waals surface area contributed by atoms with E-state index < -0.39 is 0 Å². The monoisotopic (exact) mass is 253 g/mol. The van der Waals surface area contributed by atoms with E-state index in [0.717, 1.165) is 37.7 Å². The molecule has 2 heterocycles. The summed E-state index contributed by atoms with van der Waals surface area (Å²) >= 11 is 0. The Kier molecular flexibility index (Phi) is 3.36. The molecular weight excluding hydrogens is 234 g/mol. The minimum Gasteiger partial charge on any atom is -0.370 e. The van der Waals surface area contributed by atoms with Crippen LogP contribution in [0.5, 0.6) is 0 Å². The third-order valence-corrected chi connectivity index (χ3v) is 3.55. The first-order chi connectivity index (χ1) is 9.36. The predicted molar refractivity (Wildman–Crippen MR) is 79.6 cm³/mol. The van der Waals surface area contributed by atoms with E-state index in [1.165, 1.54) is 11.1 Å². The standard InChI is InChI=1S/C16H19N3/c1-2-17-15-8-5-9-16(18-15)19-11-10-13-6-3-4-7-14(13)12-19/h3-9H,2,10-12H2,1H3,(H,17,18). The highest BCUT2D eigenvalue weighted by atomic mass is 15.2. The number of hydrogen-bond donors (Lipinski definition) is 1. The van der Waals surface area contributed by atoms with Gasteiger partial charge in [0.1, 0.15) is 11.6 Å². The minimum absolute atomic E-state index is 0.902. The summed E-state index contributed by atoms with van der Waals surface area (Å²) in [6.07, 6.45) is 1.10. The van der Waals surface area contributed by atoms with Gasteiger partial charge >= 0.3 is 0 Å². The van der Waals surface area contributed by atoms with Crippen molar-refractivity contribution in [3.63, 3.8) is 0 Å². The van der Waals surface area contributed by atoms with Crippen molar-refractivity contribution in [3.8, 4) is 0 Å². The third kappa shape index (κ3) is 2.55. The van der Waals surface area contributed by atoms with Crippen LogP contribution in [-0.2, 0) is 13.0 Å². The Balaban J connectivity index is 1.82. The molecule has 0 saturated carbocycles. The molecular formula is C16H19N3. The molecule has 3 rings (SSSR count). The van der Waals surface area contributed by atoms with Crippen LogP contribution < -0.4 is 10.2 Å². The van der Waals surface area contributed by atoms with E-state index in [4.69, 9.17) is 0 Å². The Morgan fingerprint density at radius 1 is 1.11 bits per heavy atom. The Bertz CT molecular complexity index is 565. The van der Waals surface area contributed by atoms with E-state index in [-0.39, 0.29) is 0 Å². The lowest BCUT2D eigenvalue weighted by Crippen LogP contribution is -2.31. The van der Waals surface area contributed by atoms with Crippen LogP contribution in [0.3, 0.4) is 0 Å². The molecule has 1 aliphatic heterocycles. The number of anilines is 2. The number of nitrogens with one attached hydrogen (secondary N) is 1. The highest BCUT2D eigenvalue weighted by Gasteiger charge is 2.16. The van der Waals surface area contributed by atoms with Crippen LogP contribution in [-0.4, -0.2) is 18.1 Å². The van der Waals surface area contributed by atoms with Gasteiger partial charge in [-0.1, -0.05) is 30.3 Å². The largest absolute Gasteiger partial charge is 0.370 e. The van der Waals surface area contributed by atoms with Gasteiger partial charge in [0.15, 0.2) is 0 Å². The number of benzene rings is 1. The molecule has 0 radical (unpaired) electrons. The third-order valence-electron chi connectivity index (χ3n) is 3.55. The van der Waals surface area contributed by atoms with Crippen LogP contribution in [0.1, 0.15) is 18.1 Å². The van der Waals surface area contributed by atoms with Crippen LogP contribution in [0.2, 0.25) is 0 Å². The van der Waals surface area contributed by atoms with E-state index in [9.17, 15) is 0 Å². The summed E-state index contributed by atoms with van der Waals surface area (Å²) in [7, 11) is 0. The first-order valence-electron chi connectivity index (χ1n) is 6.89. The molecule has 0 atom stereocenters. The number of fused-ring (bicyclic) bond motifs is 1. The van der Waals surface area contributed by atoms with Gasteiger partial charge in [-0.25, -0.2) is 4.98 Å². The first kappa shape index (κ1) is 12.0. The normalized spacial score (nSPS) is 14.1. The molecule has 0 amide bonds. The second-order valence-corrected chi connectivity index (χ2v) is 4.85. The second kappa shape index (κ2) is 5.31. The number of rotatable bonds is 3. The maximum Gasteiger partial charge on any atom is 0.131 e. The number of nitrogens with zero attached hydrogens (tertiary/aromatic N) is 2. The van der Waals surface area contributed by atoms with Crippen molar-refractivity contribution < 1.29 is 0 Å². The molecule has 0 fully saturated rings. The molecule has 19 heavy (non-hydrogen) atoms. The van der Waals surface area contributed by atoms with Gasteiger partial charge in [0.05, 0.1) is 0 Å². The number of aromatic nitrogens is 1. The summed E-state index contributed by atoms with van der Waals surface area (Å²) in [4.78, 5) is 7.02. The molecule has 1 aromatic carbocycles. The van der Waals surface area contributed by atoms with Crippen molar-refractivity contribution in [2.75, 3.05) is 23.3 Å². The smallest absolute Gasteiger partial charge is 0.131 e. The van der Waals surface area contributed by atoms with Crippen molar-refractivity contribution >= 4 is 11.6 Å². The fourth-order valence-corrected chi connectivity index (χ4v) is 2.57. The lowest BCUT2D eigenvalue weighted by Gasteiger charge is -2.30. The molecule has 0 aliphatic carbocycles. The fourth-order valence-electron chi connectivity index (χ4n) is 2.57. The van der Waals surface area contributed by atoms with Gasteiger partial charge in [0.25, 0.3) is 0 Å². The first-order valence-corrected chi connectivity index (χ1v) is 6.89. The van der Waals surface area contributed by atoms with E-state index >= 15 is 0 Å². The summed E-state index contributed by atoms with van der Waals surface area (Å²) in [5, 5.41) is 3.27. The summed E-state index contributed by atoms with van der Waals surface area (Å²) < 4.78 is 0. The van der Waals surface area contributed by atoms with Crippen LogP contribution in [0, 0.1) is 0 Å². The predicted octanol–water partition coefficient (Wildman–Crippen LogP) is 3.08. The lowest BCUT2D eigenvalue weighted by atomic mass is 10.00. The van der Waals surface area contributed by atoms with Crippen molar-refractivity contribution in [1.29, 1.82) is 0 Å². The number of hydrogen-bond acceptors (Lipinski definition) is 3. The Morgan fingerprint density at radius 2 is 1.95 bits per heavy atom. The maximum absolute atomic E-state index is 4.67. The van der Waals surface area contributed by atoms with Crippen LogP contribution >= 0.6 is 0 Å². The minimum atomic E-state index is 0.902. The summed E-state index contributed by atoms with van der Waals surface area (Å²) in [6, 6.07) is 14.9. The van der Waals surface area contributed by atoms with Crippen molar-refractivity contribution in [2.45, 2.75) is 19.9 Å². The van der Waals surface area contributed by atoms with Gasteiger partial charge in [-0.2, -0.15) is 0 Å². The Labute approximate surface area is 114 Å². The molecule has 1 aliphatic rings. The van der Waals surface area contributed by atoms with Gasteiger partial charge in [0.2, 0.25) is 0 Å². The van der Waals surface area contributed by atoms with E-state index in [1.54, 1.807) is 0 Å². The van der Waals surface area contributed by atoms with E-state index in [1.807, 2.05) is 6.07 Å². The molecule has 0 bridgehead atoms. The zero-order valence-electron chi connectivity index (χ0n) is 11.3. The average molecular weight is 253 g/mol. The summed E-state index contributed by atoms with van der Waals surface area (Å²) in [5.74, 6) is 2.02. The van der Waals surface area contributed by atoms with E-state index in [0.29, 0.717) is 0 Å². The highest BCUT2D eigenvalue weighted by Crippen LogP contribution is 2.23. The zero-order valence-corrected chi connectivity index (χ0v) is 11.3. The molecule has 0 spiro atoms. The quantitative estimate of drug-likeness (QED) is 0.911. The fraction of sp³-hybridized carbons (Fsp3) is 0.312. The molecule has 98 valence electrons. The summed E-state index contributed by atoms with van der Waals surface area (Å²) in [5.41, 5.74) is 2.89. The SMILES string of the molecule is CCNc1cccc(N2CCc3ccccc3C2)n1. The molecule has 3 heteroatoms. The molecule has 2 aromatic rings. The van der Waals surface area contributed by atoms with Gasteiger partial charge in [-0.05, 0) is 36.6 Å². The van der Waals surface area contributed by atoms with Crippen LogP contribution in [0.25, 0.3) is 0 Å². The molecule has 1 N–H and O–H groups in total. The average Bonchev–Trinajstić information content (AvgIpc) is 2.47. The number of pyridine rings is 1. The highest BCUT2D eigenvalue weighted by molar-refractivity contribution is 5.49. The molecule has 1 aromatic heterocycles. The summed E-state index contributed by atoms with van der Waals surface area (Å²) in [6.45, 7) is 4.99. The van der Waals surface area contributed by atoms with E-state index in [2.05, 4.69) is 58.5 Å². The van der Waals surface area contributed by atoms with Crippen LogP contribution in [0.15, 0.2) is 42.5 Å². The second-order valence-electron chi connectivity index (χ2n) is 4.85. The Morgan fingerprint density at radius 3 is 2.79 bits per heavy atom. The molecule has 3 nitrogen and oxygen atoms in total. The van der Waals surface area contributed by atoms with Gasteiger partial charge < -0.3 is 10.2 Å². The lowest BCUT2D eigenvalue weighted by molar-refractivity contribution is 0.721. The Hall–Kier alpha value is -2.03. The van der Waals surface area contributed by atoms with Gasteiger partial charge in [0, 0.05) is 19.6 Å². The maximum atomic E-state index is 4.67. The zero-order chi connectivity index (χ0) is 13.1. The van der Waals surface area contributed by atoms with Gasteiger partial charge in [-0.3, -0.25) is 0 Å². The molecule has 0 unspecified atom stereocenters.